The molecule has 0 spiro atoms. The lowest BCUT2D eigenvalue weighted by Crippen LogP contribution is -2.41. The van der Waals surface area contributed by atoms with Gasteiger partial charge in [-0.3, -0.25) is 10.1 Å². The van der Waals surface area contributed by atoms with Crippen LogP contribution >= 0.6 is 0 Å². The molecule has 0 bridgehead atoms. The Kier molecular flexibility index (Phi) is 2.63. The fraction of sp³-hybridized carbons (Fsp3) is 0.833. The summed E-state index contributed by atoms with van der Waals surface area (Å²) in [6.45, 7) is -0.401. The van der Waals surface area contributed by atoms with E-state index in [0.717, 1.165) is 0 Å². The lowest BCUT2D eigenvalue weighted by atomic mass is 10.1. The number of carboxylic acids is 1. The third-order valence-electron chi connectivity index (χ3n) is 1.96. The first kappa shape index (κ1) is 9.40. The van der Waals surface area contributed by atoms with Gasteiger partial charge < -0.3 is 20.4 Å². The molecule has 6 nitrogen and oxygen atoms in total. The molecule has 6 heteroatoms. The van der Waals surface area contributed by atoms with Crippen LogP contribution in [0.5, 0.6) is 0 Å². The fourth-order valence-corrected chi connectivity index (χ4v) is 1.24. The lowest BCUT2D eigenvalue weighted by Gasteiger charge is -2.11. The van der Waals surface area contributed by atoms with Crippen molar-refractivity contribution in [1.82, 2.24) is 5.32 Å². The zero-order valence-corrected chi connectivity index (χ0v) is 6.21. The number of aliphatic carboxylic acids is 1. The van der Waals surface area contributed by atoms with Crippen molar-refractivity contribution in [2.75, 3.05) is 6.61 Å². The molecule has 0 saturated carbocycles. The van der Waals surface area contributed by atoms with Crippen LogP contribution in [-0.2, 0) is 4.79 Å². The Balaban J connectivity index is 2.66. The number of hydrogen-bond donors (Lipinski definition) is 5. The van der Waals surface area contributed by atoms with E-state index in [2.05, 4.69) is 5.32 Å². The summed E-state index contributed by atoms with van der Waals surface area (Å²) >= 11 is 0. The summed E-state index contributed by atoms with van der Waals surface area (Å²) in [7, 11) is 0. The molecule has 1 aliphatic heterocycles. The van der Waals surface area contributed by atoms with Crippen molar-refractivity contribution in [3.8, 4) is 0 Å². The predicted octanol–water partition coefficient (Wildman–Crippen LogP) is -2.87. The molecule has 4 atom stereocenters. The average molecular weight is 177 g/mol. The fourth-order valence-electron chi connectivity index (χ4n) is 1.24. The van der Waals surface area contributed by atoms with Gasteiger partial charge in [-0.2, -0.15) is 0 Å². The Morgan fingerprint density at radius 1 is 1.33 bits per heavy atom. The number of nitrogens with one attached hydrogen (secondary N) is 1. The quantitative estimate of drug-likeness (QED) is 0.310. The van der Waals surface area contributed by atoms with Crippen molar-refractivity contribution in [2.24, 2.45) is 0 Å². The predicted molar refractivity (Wildman–Crippen MR) is 37.4 cm³/mol. The zero-order chi connectivity index (χ0) is 9.30. The molecule has 0 amide bonds. The standard InChI is InChI=1S/C6H11NO5/c8-1-2-4(9)5(10)3(7-2)6(11)12/h2-5,7-10H,1H2,(H,11,12)/t2-,3+,4-,5-/m1/s1. The number of rotatable bonds is 2. The van der Waals surface area contributed by atoms with Crippen LogP contribution in [0.3, 0.4) is 0 Å². The topological polar surface area (TPSA) is 110 Å². The van der Waals surface area contributed by atoms with E-state index in [1.807, 2.05) is 0 Å². The summed E-state index contributed by atoms with van der Waals surface area (Å²) in [6.07, 6.45) is -2.59. The van der Waals surface area contributed by atoms with Gasteiger partial charge in [0.2, 0.25) is 0 Å². The Morgan fingerprint density at radius 3 is 2.17 bits per heavy atom. The molecule has 1 fully saturated rings. The Morgan fingerprint density at radius 2 is 1.92 bits per heavy atom. The molecule has 1 heterocycles. The third kappa shape index (κ3) is 1.42. The molecule has 70 valence electrons. The van der Waals surface area contributed by atoms with Crippen molar-refractivity contribution in [1.29, 1.82) is 0 Å². The molecule has 0 unspecified atom stereocenters. The van der Waals surface area contributed by atoms with Crippen molar-refractivity contribution in [3.63, 3.8) is 0 Å². The maximum Gasteiger partial charge on any atom is 0.323 e. The monoisotopic (exact) mass is 177 g/mol. The molecule has 0 aromatic rings. The first-order valence-electron chi connectivity index (χ1n) is 3.53. The first-order valence-corrected chi connectivity index (χ1v) is 3.53. The molecule has 1 saturated heterocycles. The normalized spacial score (nSPS) is 41.6. The van der Waals surface area contributed by atoms with E-state index in [0.29, 0.717) is 0 Å². The van der Waals surface area contributed by atoms with Gasteiger partial charge in [0.25, 0.3) is 0 Å². The maximum absolute atomic E-state index is 10.4. The van der Waals surface area contributed by atoms with Crippen LogP contribution in [0.25, 0.3) is 0 Å². The van der Waals surface area contributed by atoms with E-state index >= 15 is 0 Å². The van der Waals surface area contributed by atoms with Crippen LogP contribution in [0.15, 0.2) is 0 Å². The van der Waals surface area contributed by atoms with Crippen LogP contribution in [0.1, 0.15) is 0 Å². The summed E-state index contributed by atoms with van der Waals surface area (Å²) in [5, 5.41) is 37.8. The largest absolute Gasteiger partial charge is 0.480 e. The number of carbonyl (C=O) groups is 1. The van der Waals surface area contributed by atoms with E-state index in [-0.39, 0.29) is 0 Å². The van der Waals surface area contributed by atoms with Crippen LogP contribution in [-0.4, -0.2) is 57.3 Å². The summed E-state index contributed by atoms with van der Waals surface area (Å²) in [5.41, 5.74) is 0. The summed E-state index contributed by atoms with van der Waals surface area (Å²) in [6, 6.07) is -1.96. The molecule has 0 aromatic carbocycles. The van der Waals surface area contributed by atoms with E-state index in [1.165, 1.54) is 0 Å². The minimum atomic E-state index is -1.36. The average Bonchev–Trinajstić information content (AvgIpc) is 2.30. The Bertz CT molecular complexity index is 185. The van der Waals surface area contributed by atoms with Gasteiger partial charge in [0.05, 0.1) is 18.8 Å². The van der Waals surface area contributed by atoms with Gasteiger partial charge in [-0.05, 0) is 0 Å². The summed E-state index contributed by atoms with van der Waals surface area (Å²) < 4.78 is 0. The smallest absolute Gasteiger partial charge is 0.323 e. The van der Waals surface area contributed by atoms with Gasteiger partial charge in [-0.25, -0.2) is 0 Å². The van der Waals surface area contributed by atoms with Crippen LogP contribution in [0, 0.1) is 0 Å². The van der Waals surface area contributed by atoms with Crippen molar-refractivity contribution >= 4 is 5.97 Å². The minimum absolute atomic E-state index is 0.401. The number of carboxylic acid groups (broad SMARTS) is 1. The van der Waals surface area contributed by atoms with E-state index < -0.39 is 36.9 Å². The first-order chi connectivity index (χ1) is 5.57. The number of hydrogen-bond acceptors (Lipinski definition) is 5. The molecule has 5 N–H and O–H groups in total. The van der Waals surface area contributed by atoms with Gasteiger partial charge in [0, 0.05) is 0 Å². The van der Waals surface area contributed by atoms with E-state index in [1.54, 1.807) is 0 Å². The minimum Gasteiger partial charge on any atom is -0.480 e. The van der Waals surface area contributed by atoms with Gasteiger partial charge in [0.1, 0.15) is 12.1 Å². The molecule has 1 rings (SSSR count). The van der Waals surface area contributed by atoms with E-state index in [4.69, 9.17) is 20.4 Å². The number of aliphatic hydroxyl groups is 3. The Labute approximate surface area is 68.4 Å². The zero-order valence-electron chi connectivity index (χ0n) is 6.21. The lowest BCUT2D eigenvalue weighted by molar-refractivity contribution is -0.142. The van der Waals surface area contributed by atoms with Crippen molar-refractivity contribution < 1.29 is 25.2 Å². The number of aliphatic hydroxyl groups excluding tert-OH is 3. The molecule has 0 radical (unpaired) electrons. The van der Waals surface area contributed by atoms with Crippen LogP contribution < -0.4 is 5.32 Å². The van der Waals surface area contributed by atoms with Crippen molar-refractivity contribution in [2.45, 2.75) is 24.3 Å². The maximum atomic E-state index is 10.4. The summed E-state index contributed by atoms with van der Waals surface area (Å²) in [5.74, 6) is -1.24. The SMILES string of the molecule is O=C(O)[C@H]1N[C@H](CO)[C@@H](O)[C@@H]1O. The second-order valence-corrected chi connectivity index (χ2v) is 2.75. The highest BCUT2D eigenvalue weighted by Crippen LogP contribution is 2.13. The molecule has 0 aliphatic carbocycles. The van der Waals surface area contributed by atoms with Crippen molar-refractivity contribution in [3.05, 3.63) is 0 Å². The molecule has 12 heavy (non-hydrogen) atoms. The van der Waals surface area contributed by atoms with E-state index in [9.17, 15) is 4.79 Å². The van der Waals surface area contributed by atoms with Gasteiger partial charge >= 0.3 is 5.97 Å². The summed E-state index contributed by atoms with van der Waals surface area (Å²) in [4.78, 5) is 10.4. The molecule has 1 aliphatic rings. The molecule has 0 aromatic heterocycles. The van der Waals surface area contributed by atoms with Gasteiger partial charge in [-0.15, -0.1) is 0 Å². The van der Waals surface area contributed by atoms with Crippen LogP contribution in [0.2, 0.25) is 0 Å². The molecular weight excluding hydrogens is 166 g/mol. The van der Waals surface area contributed by atoms with Crippen LogP contribution in [0.4, 0.5) is 0 Å². The third-order valence-corrected chi connectivity index (χ3v) is 1.96. The molecular formula is C6H11NO5. The Hall–Kier alpha value is -0.690. The highest BCUT2D eigenvalue weighted by molar-refractivity contribution is 5.75. The highest BCUT2D eigenvalue weighted by Gasteiger charge is 2.44. The van der Waals surface area contributed by atoms with Gasteiger partial charge in [0.15, 0.2) is 0 Å². The second-order valence-electron chi connectivity index (χ2n) is 2.75. The second kappa shape index (κ2) is 3.36. The van der Waals surface area contributed by atoms with Gasteiger partial charge in [-0.1, -0.05) is 0 Å². The highest BCUT2D eigenvalue weighted by atomic mass is 16.4.